The Balaban J connectivity index is 1.88. The lowest BCUT2D eigenvalue weighted by molar-refractivity contribution is -0.148. The highest BCUT2D eigenvalue weighted by molar-refractivity contribution is 5.92. The summed E-state index contributed by atoms with van der Waals surface area (Å²) in [6.45, 7) is 6.03. The van der Waals surface area contributed by atoms with E-state index in [0.717, 1.165) is 22.2 Å². The number of pyridine rings is 1. The lowest BCUT2D eigenvalue weighted by atomic mass is 10.0. The molecule has 0 amide bonds. The first-order chi connectivity index (χ1) is 11.1. The van der Waals surface area contributed by atoms with E-state index in [9.17, 15) is 4.79 Å². The number of carbonyl (C=O) groups is 1. The molecule has 0 fully saturated rings. The topological polar surface area (TPSA) is 72.8 Å². The van der Waals surface area contributed by atoms with E-state index in [1.54, 1.807) is 6.20 Å². The van der Waals surface area contributed by atoms with Crippen LogP contribution >= 0.6 is 0 Å². The van der Waals surface area contributed by atoms with Gasteiger partial charge in [0.25, 0.3) is 0 Å². The van der Waals surface area contributed by atoms with Gasteiger partial charge in [0, 0.05) is 29.5 Å². The monoisotopic (exact) mass is 312 g/mol. The Morgan fingerprint density at radius 3 is 3.00 bits per heavy atom. The molecule has 0 aliphatic heterocycles. The Bertz CT molecular complexity index is 821. The first-order valence-electron chi connectivity index (χ1n) is 7.75. The van der Waals surface area contributed by atoms with E-state index in [0.29, 0.717) is 6.61 Å². The van der Waals surface area contributed by atoms with Crippen molar-refractivity contribution in [3.63, 3.8) is 0 Å². The fourth-order valence-corrected chi connectivity index (χ4v) is 2.61. The van der Waals surface area contributed by atoms with Crippen molar-refractivity contribution < 1.29 is 9.53 Å². The Morgan fingerprint density at radius 2 is 2.22 bits per heavy atom. The maximum Gasteiger partial charge on any atom is 0.310 e. The standard InChI is InChI=1S/C17H20N4O2/c1-4-23-17(22)11(2)12(3)21-10-13(9-20-21)14-5-7-18-16-15(14)6-8-19-16/h5-12H,4H2,1-3H3,(H,18,19). The molecule has 3 aromatic rings. The van der Waals surface area contributed by atoms with Gasteiger partial charge >= 0.3 is 5.97 Å². The van der Waals surface area contributed by atoms with Gasteiger partial charge in [0.15, 0.2) is 0 Å². The maximum atomic E-state index is 11.9. The molecular formula is C17H20N4O2. The molecule has 3 rings (SSSR count). The molecule has 0 aliphatic carbocycles. The fourth-order valence-electron chi connectivity index (χ4n) is 2.61. The second kappa shape index (κ2) is 6.24. The summed E-state index contributed by atoms with van der Waals surface area (Å²) in [6.07, 6.45) is 7.42. The molecule has 1 N–H and O–H groups in total. The smallest absolute Gasteiger partial charge is 0.310 e. The Kier molecular flexibility index (Phi) is 4.14. The summed E-state index contributed by atoms with van der Waals surface area (Å²) in [6, 6.07) is 3.89. The molecule has 0 bridgehead atoms. The molecule has 0 radical (unpaired) electrons. The van der Waals surface area contributed by atoms with Crippen LogP contribution in [0.15, 0.2) is 36.9 Å². The Labute approximate surface area is 134 Å². The van der Waals surface area contributed by atoms with E-state index < -0.39 is 0 Å². The SMILES string of the molecule is CCOC(=O)C(C)C(C)n1cc(-c2ccnc3[nH]ccc23)cn1. The zero-order chi connectivity index (χ0) is 16.4. The van der Waals surface area contributed by atoms with Gasteiger partial charge in [0.05, 0.1) is 24.8 Å². The molecule has 6 heteroatoms. The van der Waals surface area contributed by atoms with Crippen LogP contribution in [-0.2, 0) is 9.53 Å². The first kappa shape index (κ1) is 15.3. The third kappa shape index (κ3) is 2.84. The fraction of sp³-hybridized carbons (Fsp3) is 0.353. The van der Waals surface area contributed by atoms with Crippen molar-refractivity contribution in [2.75, 3.05) is 6.61 Å². The molecule has 0 spiro atoms. The van der Waals surface area contributed by atoms with E-state index in [1.807, 2.05) is 56.2 Å². The summed E-state index contributed by atoms with van der Waals surface area (Å²) in [7, 11) is 0. The van der Waals surface area contributed by atoms with Crippen molar-refractivity contribution >= 4 is 17.0 Å². The lowest BCUT2D eigenvalue weighted by Gasteiger charge is -2.18. The summed E-state index contributed by atoms with van der Waals surface area (Å²) in [4.78, 5) is 19.3. The van der Waals surface area contributed by atoms with E-state index >= 15 is 0 Å². The predicted molar refractivity (Wildman–Crippen MR) is 87.8 cm³/mol. The highest BCUT2D eigenvalue weighted by atomic mass is 16.5. The Hall–Kier alpha value is -2.63. The minimum absolute atomic E-state index is 0.0775. The van der Waals surface area contributed by atoms with Crippen LogP contribution in [0.25, 0.3) is 22.2 Å². The first-order valence-corrected chi connectivity index (χ1v) is 7.75. The zero-order valence-corrected chi connectivity index (χ0v) is 13.5. The van der Waals surface area contributed by atoms with Crippen molar-refractivity contribution in [3.05, 3.63) is 36.9 Å². The minimum atomic E-state index is -0.257. The van der Waals surface area contributed by atoms with Crippen molar-refractivity contribution in [1.82, 2.24) is 19.7 Å². The minimum Gasteiger partial charge on any atom is -0.466 e. The number of esters is 1. The second-order valence-electron chi connectivity index (χ2n) is 5.59. The van der Waals surface area contributed by atoms with Crippen molar-refractivity contribution in [1.29, 1.82) is 0 Å². The molecule has 0 aromatic carbocycles. The normalized spacial score (nSPS) is 13.9. The molecular weight excluding hydrogens is 292 g/mol. The van der Waals surface area contributed by atoms with Crippen molar-refractivity contribution in [2.24, 2.45) is 5.92 Å². The number of nitrogens with one attached hydrogen (secondary N) is 1. The Morgan fingerprint density at radius 1 is 1.39 bits per heavy atom. The molecule has 23 heavy (non-hydrogen) atoms. The molecule has 0 aliphatic rings. The third-order valence-corrected chi connectivity index (χ3v) is 4.17. The van der Waals surface area contributed by atoms with Crippen LogP contribution in [0.1, 0.15) is 26.8 Å². The molecule has 2 unspecified atom stereocenters. The largest absolute Gasteiger partial charge is 0.466 e. The number of nitrogens with zero attached hydrogens (tertiary/aromatic N) is 3. The molecule has 3 heterocycles. The van der Waals surface area contributed by atoms with E-state index in [2.05, 4.69) is 15.1 Å². The van der Waals surface area contributed by atoms with Crippen LogP contribution in [0, 0.1) is 5.92 Å². The number of H-pyrrole nitrogens is 1. The molecule has 3 aromatic heterocycles. The number of ether oxygens (including phenoxy) is 1. The summed E-state index contributed by atoms with van der Waals surface area (Å²) >= 11 is 0. The average Bonchev–Trinajstić information content (AvgIpc) is 3.22. The number of fused-ring (bicyclic) bond motifs is 1. The van der Waals surface area contributed by atoms with E-state index in [4.69, 9.17) is 4.74 Å². The van der Waals surface area contributed by atoms with Gasteiger partial charge in [-0.3, -0.25) is 9.48 Å². The second-order valence-corrected chi connectivity index (χ2v) is 5.59. The third-order valence-electron chi connectivity index (χ3n) is 4.17. The molecule has 120 valence electrons. The van der Waals surface area contributed by atoms with Crippen LogP contribution in [0.5, 0.6) is 0 Å². The van der Waals surface area contributed by atoms with Crippen molar-refractivity contribution in [3.8, 4) is 11.1 Å². The molecule has 0 saturated carbocycles. The highest BCUT2D eigenvalue weighted by Crippen LogP contribution is 2.28. The van der Waals surface area contributed by atoms with Gasteiger partial charge in [-0.1, -0.05) is 0 Å². The van der Waals surface area contributed by atoms with Crippen LogP contribution in [-0.4, -0.2) is 32.3 Å². The average molecular weight is 312 g/mol. The molecule has 2 atom stereocenters. The number of aromatic nitrogens is 4. The van der Waals surface area contributed by atoms with Crippen molar-refractivity contribution in [2.45, 2.75) is 26.8 Å². The summed E-state index contributed by atoms with van der Waals surface area (Å²) in [5, 5.41) is 5.48. The zero-order valence-electron chi connectivity index (χ0n) is 13.5. The number of rotatable bonds is 5. The summed E-state index contributed by atoms with van der Waals surface area (Å²) < 4.78 is 6.91. The number of hydrogen-bond acceptors (Lipinski definition) is 4. The van der Waals surface area contributed by atoms with Gasteiger partial charge in [0.2, 0.25) is 0 Å². The van der Waals surface area contributed by atoms with E-state index in [1.165, 1.54) is 0 Å². The molecule has 6 nitrogen and oxygen atoms in total. The lowest BCUT2D eigenvalue weighted by Crippen LogP contribution is -2.24. The summed E-state index contributed by atoms with van der Waals surface area (Å²) in [5.74, 6) is -0.457. The number of hydrogen-bond donors (Lipinski definition) is 1. The highest BCUT2D eigenvalue weighted by Gasteiger charge is 2.23. The summed E-state index contributed by atoms with van der Waals surface area (Å²) in [5.41, 5.74) is 2.92. The van der Waals surface area contributed by atoms with Gasteiger partial charge in [0.1, 0.15) is 5.65 Å². The van der Waals surface area contributed by atoms with Crippen LogP contribution in [0.4, 0.5) is 0 Å². The van der Waals surface area contributed by atoms with Gasteiger partial charge in [-0.05, 0) is 38.5 Å². The van der Waals surface area contributed by atoms with Gasteiger partial charge in [-0.25, -0.2) is 4.98 Å². The quantitative estimate of drug-likeness (QED) is 0.734. The van der Waals surface area contributed by atoms with E-state index in [-0.39, 0.29) is 17.9 Å². The van der Waals surface area contributed by atoms with Crippen LogP contribution in [0.3, 0.4) is 0 Å². The number of carbonyl (C=O) groups excluding carboxylic acids is 1. The van der Waals surface area contributed by atoms with Gasteiger partial charge in [-0.15, -0.1) is 0 Å². The van der Waals surface area contributed by atoms with Gasteiger partial charge < -0.3 is 9.72 Å². The maximum absolute atomic E-state index is 11.9. The van der Waals surface area contributed by atoms with Crippen LogP contribution < -0.4 is 0 Å². The van der Waals surface area contributed by atoms with Gasteiger partial charge in [-0.2, -0.15) is 5.10 Å². The van der Waals surface area contributed by atoms with Crippen LogP contribution in [0.2, 0.25) is 0 Å². The predicted octanol–water partition coefficient (Wildman–Crippen LogP) is 3.19. The molecule has 0 saturated heterocycles. The number of aromatic amines is 1.